The van der Waals surface area contributed by atoms with Gasteiger partial charge in [0.05, 0.1) is 12.6 Å². The number of halogens is 1. The lowest BCUT2D eigenvalue weighted by molar-refractivity contribution is 0.340. The molecule has 0 bridgehead atoms. The van der Waals surface area contributed by atoms with Crippen LogP contribution in [0.4, 0.5) is 10.1 Å². The number of hydrogen-bond acceptors (Lipinski definition) is 2. The molecule has 0 aromatic heterocycles. The van der Waals surface area contributed by atoms with Gasteiger partial charge in [-0.2, -0.15) is 0 Å². The summed E-state index contributed by atoms with van der Waals surface area (Å²) in [6.45, 7) is 6.79. The topological polar surface area (TPSA) is 33.3 Å². The molecule has 2 aromatic carbocycles. The number of rotatable bonds is 6. The minimum Gasteiger partial charge on any atom is -0.494 e. The van der Waals surface area contributed by atoms with Crippen molar-refractivity contribution in [1.82, 2.24) is 5.32 Å². The summed E-state index contributed by atoms with van der Waals surface area (Å²) in [7, 11) is 0. The van der Waals surface area contributed by atoms with Gasteiger partial charge in [0.2, 0.25) is 0 Å². The molecule has 0 fully saturated rings. The van der Waals surface area contributed by atoms with Gasteiger partial charge in [-0.3, -0.25) is 0 Å². The predicted octanol–water partition coefficient (Wildman–Crippen LogP) is 4.91. The SMILES string of the molecule is CCOc1ccc(NC(=S)N[C@@H](c2ccc(F)cc2)C(C)C)cc1. The molecular formula is C19H23FN2OS. The maximum atomic E-state index is 13.1. The second kappa shape index (κ2) is 8.64. The summed E-state index contributed by atoms with van der Waals surface area (Å²) < 4.78 is 18.5. The molecule has 2 N–H and O–H groups in total. The number of anilines is 1. The van der Waals surface area contributed by atoms with Crippen molar-refractivity contribution in [3.63, 3.8) is 0 Å². The zero-order valence-corrected chi connectivity index (χ0v) is 15.0. The molecule has 0 radical (unpaired) electrons. The van der Waals surface area contributed by atoms with Crippen LogP contribution in [0, 0.1) is 11.7 Å². The molecule has 0 spiro atoms. The standard InChI is InChI=1S/C19H23FN2OS/c1-4-23-17-11-9-16(10-12-17)21-19(24)22-18(13(2)3)14-5-7-15(20)8-6-14/h5-13,18H,4H2,1-3H3,(H2,21,22,24)/t18-/m1/s1. The number of benzene rings is 2. The van der Waals surface area contributed by atoms with Gasteiger partial charge < -0.3 is 15.4 Å². The van der Waals surface area contributed by atoms with Crippen LogP contribution in [0.15, 0.2) is 48.5 Å². The van der Waals surface area contributed by atoms with Crippen LogP contribution in [0.1, 0.15) is 32.4 Å². The number of nitrogens with one attached hydrogen (secondary N) is 2. The van der Waals surface area contributed by atoms with E-state index in [-0.39, 0.29) is 11.9 Å². The normalized spacial score (nSPS) is 11.9. The van der Waals surface area contributed by atoms with Crippen molar-refractivity contribution in [3.05, 3.63) is 59.9 Å². The van der Waals surface area contributed by atoms with Crippen LogP contribution < -0.4 is 15.4 Å². The molecule has 5 heteroatoms. The quantitative estimate of drug-likeness (QED) is 0.728. The minimum absolute atomic E-state index is 0.00768. The summed E-state index contributed by atoms with van der Waals surface area (Å²) in [5, 5.41) is 7.01. The van der Waals surface area contributed by atoms with Crippen LogP contribution in [-0.4, -0.2) is 11.7 Å². The van der Waals surface area contributed by atoms with E-state index in [1.54, 1.807) is 12.1 Å². The molecule has 0 amide bonds. The molecule has 0 aliphatic carbocycles. The van der Waals surface area contributed by atoms with Gasteiger partial charge in [0.1, 0.15) is 11.6 Å². The highest BCUT2D eigenvalue weighted by Crippen LogP contribution is 2.22. The Balaban J connectivity index is 2.01. The highest BCUT2D eigenvalue weighted by atomic mass is 32.1. The summed E-state index contributed by atoms with van der Waals surface area (Å²) in [6, 6.07) is 14.1. The van der Waals surface area contributed by atoms with E-state index >= 15 is 0 Å². The van der Waals surface area contributed by atoms with Gasteiger partial charge in [-0.05, 0) is 67.0 Å². The smallest absolute Gasteiger partial charge is 0.171 e. The third-order valence-corrected chi connectivity index (χ3v) is 3.83. The number of thiocarbonyl (C=S) groups is 1. The third kappa shape index (κ3) is 5.20. The fourth-order valence-corrected chi connectivity index (χ4v) is 2.66. The molecule has 0 unspecified atom stereocenters. The lowest BCUT2D eigenvalue weighted by Gasteiger charge is -2.25. The van der Waals surface area contributed by atoms with Gasteiger partial charge in [-0.1, -0.05) is 26.0 Å². The first-order valence-electron chi connectivity index (χ1n) is 8.05. The van der Waals surface area contributed by atoms with Crippen LogP contribution in [0.25, 0.3) is 0 Å². The average molecular weight is 346 g/mol. The van der Waals surface area contributed by atoms with Crippen LogP contribution in [-0.2, 0) is 0 Å². The van der Waals surface area contributed by atoms with E-state index < -0.39 is 0 Å². The molecule has 1 atom stereocenters. The average Bonchev–Trinajstić information content (AvgIpc) is 2.55. The molecule has 0 saturated heterocycles. The lowest BCUT2D eigenvalue weighted by atomic mass is 9.96. The van der Waals surface area contributed by atoms with Crippen molar-refractivity contribution < 1.29 is 9.13 Å². The van der Waals surface area contributed by atoms with Crippen LogP contribution >= 0.6 is 12.2 Å². The summed E-state index contributed by atoms with van der Waals surface area (Å²) >= 11 is 5.41. The number of hydrogen-bond donors (Lipinski definition) is 2. The van der Waals surface area contributed by atoms with Crippen molar-refractivity contribution in [1.29, 1.82) is 0 Å². The molecule has 0 aliphatic heterocycles. The molecule has 2 rings (SSSR count). The van der Waals surface area contributed by atoms with Crippen molar-refractivity contribution in [3.8, 4) is 5.75 Å². The van der Waals surface area contributed by atoms with Crippen molar-refractivity contribution in [2.24, 2.45) is 5.92 Å². The Labute approximate surface area is 148 Å². The molecule has 24 heavy (non-hydrogen) atoms. The Morgan fingerprint density at radius 3 is 2.25 bits per heavy atom. The van der Waals surface area contributed by atoms with E-state index in [1.807, 2.05) is 31.2 Å². The molecular weight excluding hydrogens is 323 g/mol. The summed E-state index contributed by atoms with van der Waals surface area (Å²) in [6.07, 6.45) is 0. The fourth-order valence-electron chi connectivity index (χ4n) is 2.41. The molecule has 3 nitrogen and oxygen atoms in total. The van der Waals surface area contributed by atoms with Gasteiger partial charge in [-0.15, -0.1) is 0 Å². The van der Waals surface area contributed by atoms with Crippen molar-refractivity contribution >= 4 is 23.0 Å². The highest BCUT2D eigenvalue weighted by Gasteiger charge is 2.17. The van der Waals surface area contributed by atoms with E-state index in [0.717, 1.165) is 17.0 Å². The van der Waals surface area contributed by atoms with Crippen LogP contribution in [0.3, 0.4) is 0 Å². The highest BCUT2D eigenvalue weighted by molar-refractivity contribution is 7.80. The van der Waals surface area contributed by atoms with E-state index in [4.69, 9.17) is 17.0 Å². The number of ether oxygens (including phenoxy) is 1. The van der Waals surface area contributed by atoms with Crippen LogP contribution in [0.5, 0.6) is 5.75 Å². The Morgan fingerprint density at radius 2 is 1.71 bits per heavy atom. The summed E-state index contributed by atoms with van der Waals surface area (Å²) in [4.78, 5) is 0. The molecule has 2 aromatic rings. The van der Waals surface area contributed by atoms with Crippen molar-refractivity contribution in [2.45, 2.75) is 26.8 Å². The summed E-state index contributed by atoms with van der Waals surface area (Å²) in [5.74, 6) is 0.889. The van der Waals surface area contributed by atoms with E-state index in [2.05, 4.69) is 24.5 Å². The van der Waals surface area contributed by atoms with Gasteiger partial charge in [-0.25, -0.2) is 4.39 Å². The molecule has 0 saturated carbocycles. The minimum atomic E-state index is -0.239. The second-order valence-corrected chi connectivity index (χ2v) is 6.24. The monoisotopic (exact) mass is 346 g/mol. The summed E-state index contributed by atoms with van der Waals surface area (Å²) in [5.41, 5.74) is 1.89. The van der Waals surface area contributed by atoms with Crippen LogP contribution in [0.2, 0.25) is 0 Å². The molecule has 128 valence electrons. The largest absolute Gasteiger partial charge is 0.494 e. The Bertz CT molecular complexity index is 656. The maximum Gasteiger partial charge on any atom is 0.171 e. The Kier molecular flexibility index (Phi) is 6.55. The first-order chi connectivity index (χ1) is 11.5. The maximum absolute atomic E-state index is 13.1. The van der Waals surface area contributed by atoms with E-state index in [0.29, 0.717) is 17.6 Å². The Morgan fingerprint density at radius 1 is 1.08 bits per heavy atom. The molecule has 0 heterocycles. The van der Waals surface area contributed by atoms with E-state index in [9.17, 15) is 4.39 Å². The first-order valence-corrected chi connectivity index (χ1v) is 8.46. The Hall–Kier alpha value is -2.14. The van der Waals surface area contributed by atoms with Gasteiger partial charge in [0.15, 0.2) is 5.11 Å². The lowest BCUT2D eigenvalue weighted by Crippen LogP contribution is -2.34. The third-order valence-electron chi connectivity index (χ3n) is 3.61. The second-order valence-electron chi connectivity index (χ2n) is 5.83. The van der Waals surface area contributed by atoms with E-state index in [1.165, 1.54) is 12.1 Å². The zero-order chi connectivity index (χ0) is 17.5. The van der Waals surface area contributed by atoms with Gasteiger partial charge in [0.25, 0.3) is 0 Å². The van der Waals surface area contributed by atoms with Gasteiger partial charge in [0, 0.05) is 5.69 Å². The van der Waals surface area contributed by atoms with Crippen molar-refractivity contribution in [2.75, 3.05) is 11.9 Å². The first kappa shape index (κ1) is 18.2. The zero-order valence-electron chi connectivity index (χ0n) is 14.2. The fraction of sp³-hybridized carbons (Fsp3) is 0.316. The molecule has 0 aliphatic rings. The predicted molar refractivity (Wildman–Crippen MR) is 101 cm³/mol. The van der Waals surface area contributed by atoms with Gasteiger partial charge >= 0.3 is 0 Å².